The van der Waals surface area contributed by atoms with Crippen LogP contribution in [-0.2, 0) is 6.42 Å². The van der Waals surface area contributed by atoms with Crippen LogP contribution in [-0.4, -0.2) is 20.7 Å². The van der Waals surface area contributed by atoms with Gasteiger partial charge in [-0.15, -0.1) is 0 Å². The van der Waals surface area contributed by atoms with E-state index in [1.807, 2.05) is 13.1 Å². The summed E-state index contributed by atoms with van der Waals surface area (Å²) < 4.78 is 18.9. The topological polar surface area (TPSA) is 21.3 Å². The van der Waals surface area contributed by atoms with Gasteiger partial charge in [-0.3, -0.25) is 0 Å². The number of nitrogens with one attached hydrogen (secondary N) is 1. The second kappa shape index (κ2) is 5.32. The zero-order valence-corrected chi connectivity index (χ0v) is 9.82. The number of halogens is 2. The number of rotatable bonds is 4. The van der Waals surface area contributed by atoms with Crippen LogP contribution in [0.2, 0.25) is 0 Å². The molecule has 1 rings (SSSR count). The summed E-state index contributed by atoms with van der Waals surface area (Å²) in [5.74, 6) is -0.0637. The maximum absolute atomic E-state index is 13.4. The quantitative estimate of drug-likeness (QED) is 0.899. The Morgan fingerprint density at radius 3 is 2.71 bits per heavy atom. The molecule has 0 aliphatic carbocycles. The monoisotopic (exact) mass is 261 g/mol. The van der Waals surface area contributed by atoms with Crippen molar-refractivity contribution in [1.82, 2.24) is 5.32 Å². The number of methoxy groups -OCH3 is 1. The molecule has 2 nitrogen and oxygen atoms in total. The van der Waals surface area contributed by atoms with Gasteiger partial charge in [-0.05, 0) is 53.6 Å². The Bertz CT molecular complexity index is 294. The minimum atomic E-state index is -0.326. The van der Waals surface area contributed by atoms with Crippen molar-refractivity contribution in [2.24, 2.45) is 0 Å². The molecule has 0 spiro atoms. The highest BCUT2D eigenvalue weighted by Gasteiger charge is 2.08. The lowest BCUT2D eigenvalue weighted by Gasteiger charge is -2.07. The van der Waals surface area contributed by atoms with Crippen LogP contribution in [0.3, 0.4) is 0 Å². The second-order valence-electron chi connectivity index (χ2n) is 2.95. The number of hydrogen-bond acceptors (Lipinski definition) is 2. The first-order chi connectivity index (χ1) is 6.69. The number of hydrogen-bond donors (Lipinski definition) is 1. The molecule has 4 heteroatoms. The van der Waals surface area contributed by atoms with Gasteiger partial charge in [-0.2, -0.15) is 0 Å². The molecule has 1 N–H and O–H groups in total. The van der Waals surface area contributed by atoms with E-state index in [1.165, 1.54) is 13.2 Å². The third-order valence-electron chi connectivity index (χ3n) is 1.93. The highest BCUT2D eigenvalue weighted by molar-refractivity contribution is 9.10. The minimum Gasteiger partial charge on any atom is -0.492 e. The van der Waals surface area contributed by atoms with Gasteiger partial charge in [-0.25, -0.2) is 4.39 Å². The molecule has 1 aromatic carbocycles. The van der Waals surface area contributed by atoms with Gasteiger partial charge in [0, 0.05) is 0 Å². The van der Waals surface area contributed by atoms with Crippen molar-refractivity contribution in [1.29, 1.82) is 0 Å². The Morgan fingerprint density at radius 1 is 1.50 bits per heavy atom. The van der Waals surface area contributed by atoms with Gasteiger partial charge in [0.05, 0.1) is 11.6 Å². The average Bonchev–Trinajstić information content (AvgIpc) is 2.14. The van der Waals surface area contributed by atoms with Gasteiger partial charge in [0.2, 0.25) is 0 Å². The van der Waals surface area contributed by atoms with Crippen molar-refractivity contribution in [3.05, 3.63) is 28.0 Å². The third-order valence-corrected chi connectivity index (χ3v) is 2.51. The normalized spacial score (nSPS) is 10.3. The Morgan fingerprint density at radius 2 is 2.21 bits per heavy atom. The maximum atomic E-state index is 13.4. The van der Waals surface area contributed by atoms with Gasteiger partial charge in [0.25, 0.3) is 0 Å². The average molecular weight is 262 g/mol. The Kier molecular flexibility index (Phi) is 4.35. The van der Waals surface area contributed by atoms with Crippen molar-refractivity contribution >= 4 is 15.9 Å². The molecule has 0 atom stereocenters. The molecule has 0 aliphatic heterocycles. The molecule has 0 unspecified atom stereocenters. The van der Waals surface area contributed by atoms with Gasteiger partial charge in [-0.1, -0.05) is 0 Å². The van der Waals surface area contributed by atoms with E-state index in [-0.39, 0.29) is 11.6 Å². The van der Waals surface area contributed by atoms with E-state index in [2.05, 4.69) is 21.2 Å². The van der Waals surface area contributed by atoms with Crippen LogP contribution in [0.25, 0.3) is 0 Å². The minimum absolute atomic E-state index is 0.262. The van der Waals surface area contributed by atoms with Crippen molar-refractivity contribution in [3.8, 4) is 5.75 Å². The van der Waals surface area contributed by atoms with Crippen molar-refractivity contribution < 1.29 is 9.13 Å². The molecule has 0 saturated heterocycles. The lowest BCUT2D eigenvalue weighted by molar-refractivity contribution is 0.383. The Hall–Kier alpha value is -0.610. The van der Waals surface area contributed by atoms with Crippen molar-refractivity contribution in [3.63, 3.8) is 0 Å². The van der Waals surface area contributed by atoms with Gasteiger partial charge in [0.1, 0.15) is 0 Å². The molecule has 0 bridgehead atoms. The zero-order valence-electron chi connectivity index (χ0n) is 8.23. The Balaban J connectivity index is 2.90. The summed E-state index contributed by atoms with van der Waals surface area (Å²) >= 11 is 3.26. The van der Waals surface area contributed by atoms with E-state index in [0.717, 1.165) is 18.5 Å². The van der Waals surface area contributed by atoms with Gasteiger partial charge < -0.3 is 10.1 Å². The van der Waals surface area contributed by atoms with Crippen LogP contribution < -0.4 is 10.1 Å². The van der Waals surface area contributed by atoms with E-state index < -0.39 is 0 Å². The van der Waals surface area contributed by atoms with Crippen LogP contribution in [0.4, 0.5) is 4.39 Å². The highest BCUT2D eigenvalue weighted by Crippen LogP contribution is 2.29. The van der Waals surface area contributed by atoms with Crippen LogP contribution >= 0.6 is 15.9 Å². The molecule has 0 saturated carbocycles. The highest BCUT2D eigenvalue weighted by atomic mass is 79.9. The third kappa shape index (κ3) is 2.69. The molecule has 0 heterocycles. The first-order valence-electron chi connectivity index (χ1n) is 4.35. The smallest absolute Gasteiger partial charge is 0.168 e. The van der Waals surface area contributed by atoms with E-state index in [4.69, 9.17) is 4.74 Å². The molecule has 0 aliphatic rings. The summed E-state index contributed by atoms with van der Waals surface area (Å²) in [5, 5.41) is 3.01. The number of ether oxygens (including phenoxy) is 1. The van der Waals surface area contributed by atoms with E-state index >= 15 is 0 Å². The zero-order chi connectivity index (χ0) is 10.6. The van der Waals surface area contributed by atoms with Crippen LogP contribution in [0.1, 0.15) is 5.56 Å². The molecular weight excluding hydrogens is 249 g/mol. The number of benzene rings is 1. The summed E-state index contributed by atoms with van der Waals surface area (Å²) in [6, 6.07) is 3.38. The molecule has 0 radical (unpaired) electrons. The SMILES string of the molecule is CNCCc1cc(F)c(OC)c(Br)c1. The fourth-order valence-corrected chi connectivity index (χ4v) is 1.87. The summed E-state index contributed by atoms with van der Waals surface area (Å²) in [5.41, 5.74) is 0.949. The van der Waals surface area contributed by atoms with E-state index in [1.54, 1.807) is 0 Å². The molecular formula is C10H13BrFNO. The predicted molar refractivity (Wildman–Crippen MR) is 58.3 cm³/mol. The first-order valence-corrected chi connectivity index (χ1v) is 5.15. The summed E-state index contributed by atoms with van der Waals surface area (Å²) in [6.07, 6.45) is 0.802. The van der Waals surface area contributed by atoms with Crippen LogP contribution in [0.5, 0.6) is 5.75 Å². The maximum Gasteiger partial charge on any atom is 0.168 e. The van der Waals surface area contributed by atoms with Gasteiger partial charge in [0.15, 0.2) is 11.6 Å². The fourth-order valence-electron chi connectivity index (χ4n) is 1.22. The van der Waals surface area contributed by atoms with Crippen molar-refractivity contribution in [2.45, 2.75) is 6.42 Å². The Labute approximate surface area is 91.6 Å². The van der Waals surface area contributed by atoms with E-state index in [9.17, 15) is 4.39 Å². The standard InChI is InChI=1S/C10H13BrFNO/c1-13-4-3-7-5-8(11)10(14-2)9(12)6-7/h5-6,13H,3-4H2,1-2H3. The molecule has 1 aromatic rings. The van der Waals surface area contributed by atoms with Gasteiger partial charge >= 0.3 is 0 Å². The molecule has 0 aromatic heterocycles. The summed E-state index contributed by atoms with van der Waals surface area (Å²) in [6.45, 7) is 0.832. The lowest BCUT2D eigenvalue weighted by Crippen LogP contribution is -2.10. The lowest BCUT2D eigenvalue weighted by atomic mass is 10.1. The largest absolute Gasteiger partial charge is 0.492 e. The fraction of sp³-hybridized carbons (Fsp3) is 0.400. The van der Waals surface area contributed by atoms with E-state index in [0.29, 0.717) is 4.47 Å². The molecule has 0 amide bonds. The molecule has 78 valence electrons. The molecule has 0 fully saturated rings. The predicted octanol–water partition coefficient (Wildman–Crippen LogP) is 2.36. The van der Waals surface area contributed by atoms with Crippen LogP contribution in [0, 0.1) is 5.82 Å². The second-order valence-corrected chi connectivity index (χ2v) is 3.80. The van der Waals surface area contributed by atoms with Crippen LogP contribution in [0.15, 0.2) is 16.6 Å². The molecule has 14 heavy (non-hydrogen) atoms. The number of likely N-dealkylation sites (N-methyl/N-ethyl adjacent to an activating group) is 1. The summed E-state index contributed by atoms with van der Waals surface area (Å²) in [7, 11) is 3.32. The first kappa shape index (κ1) is 11.5. The summed E-state index contributed by atoms with van der Waals surface area (Å²) in [4.78, 5) is 0. The van der Waals surface area contributed by atoms with Crippen molar-refractivity contribution in [2.75, 3.05) is 20.7 Å².